The summed E-state index contributed by atoms with van der Waals surface area (Å²) in [4.78, 5) is 2.58. The van der Waals surface area contributed by atoms with E-state index in [-0.39, 0.29) is 0 Å². The minimum atomic E-state index is 0.342. The second-order valence-corrected chi connectivity index (χ2v) is 5.67. The van der Waals surface area contributed by atoms with Crippen LogP contribution in [0.4, 0.5) is 0 Å². The zero-order chi connectivity index (χ0) is 13.8. The highest BCUT2D eigenvalue weighted by Gasteiger charge is 2.19. The van der Waals surface area contributed by atoms with Gasteiger partial charge in [0.1, 0.15) is 0 Å². The summed E-state index contributed by atoms with van der Waals surface area (Å²) in [5, 5.41) is 3.44. The number of rotatable bonds is 4. The van der Waals surface area contributed by atoms with E-state index in [9.17, 15) is 0 Å². The molecule has 0 aliphatic carbocycles. The Bertz CT molecular complexity index is 442. The minimum Gasteiger partial charge on any atom is -0.454 e. The highest BCUT2D eigenvalue weighted by Crippen LogP contribution is 2.34. The van der Waals surface area contributed by atoms with Gasteiger partial charge in [-0.3, -0.25) is 0 Å². The van der Waals surface area contributed by atoms with Crippen molar-refractivity contribution in [3.05, 3.63) is 23.8 Å². The quantitative estimate of drug-likeness (QED) is 0.916. The molecule has 1 fully saturated rings. The van der Waals surface area contributed by atoms with Crippen molar-refractivity contribution in [1.82, 2.24) is 10.2 Å². The zero-order valence-electron chi connectivity index (χ0n) is 12.2. The topological polar surface area (TPSA) is 33.7 Å². The second-order valence-electron chi connectivity index (χ2n) is 5.67. The first-order valence-corrected chi connectivity index (χ1v) is 7.66. The number of nitrogens with zero attached hydrogens (tertiary/aromatic N) is 1. The molecule has 0 radical (unpaired) electrons. The number of ether oxygens (including phenoxy) is 2. The Morgan fingerprint density at radius 3 is 2.60 bits per heavy atom. The first kappa shape index (κ1) is 13.7. The molecule has 1 aromatic carbocycles. The van der Waals surface area contributed by atoms with Gasteiger partial charge in [0, 0.05) is 12.6 Å². The molecule has 1 atom stereocenters. The van der Waals surface area contributed by atoms with E-state index in [0.29, 0.717) is 12.8 Å². The van der Waals surface area contributed by atoms with Crippen LogP contribution in [0.3, 0.4) is 0 Å². The summed E-state index contributed by atoms with van der Waals surface area (Å²) >= 11 is 0. The van der Waals surface area contributed by atoms with Crippen molar-refractivity contribution in [3.63, 3.8) is 0 Å². The maximum atomic E-state index is 5.48. The van der Waals surface area contributed by atoms with Gasteiger partial charge in [0.15, 0.2) is 11.5 Å². The normalized spacial score (nSPS) is 20.6. The van der Waals surface area contributed by atoms with E-state index in [1.807, 2.05) is 13.1 Å². The monoisotopic (exact) mass is 276 g/mol. The number of hydrogen-bond acceptors (Lipinski definition) is 4. The van der Waals surface area contributed by atoms with Gasteiger partial charge in [-0.2, -0.15) is 0 Å². The number of likely N-dealkylation sites (N-methyl/N-ethyl adjacent to an activating group) is 1. The van der Waals surface area contributed by atoms with E-state index in [0.717, 1.165) is 18.0 Å². The largest absolute Gasteiger partial charge is 0.454 e. The third-order valence-corrected chi connectivity index (χ3v) is 4.29. The van der Waals surface area contributed by atoms with Crippen molar-refractivity contribution in [2.45, 2.75) is 31.7 Å². The molecule has 1 saturated heterocycles. The van der Waals surface area contributed by atoms with E-state index in [2.05, 4.69) is 22.3 Å². The van der Waals surface area contributed by atoms with Gasteiger partial charge in [-0.05, 0) is 50.7 Å². The maximum Gasteiger partial charge on any atom is 0.231 e. The lowest BCUT2D eigenvalue weighted by Crippen LogP contribution is -2.34. The lowest BCUT2D eigenvalue weighted by atomic mass is 10.1. The Morgan fingerprint density at radius 2 is 1.85 bits per heavy atom. The summed E-state index contributed by atoms with van der Waals surface area (Å²) in [6.07, 6.45) is 5.42. The Labute approximate surface area is 121 Å². The number of hydrogen-bond donors (Lipinski definition) is 1. The van der Waals surface area contributed by atoms with E-state index in [1.54, 1.807) is 0 Å². The fourth-order valence-electron chi connectivity index (χ4n) is 3.07. The van der Waals surface area contributed by atoms with Gasteiger partial charge in [0.05, 0.1) is 0 Å². The number of fused-ring (bicyclic) bond motifs is 1. The maximum absolute atomic E-state index is 5.48. The van der Waals surface area contributed by atoms with Gasteiger partial charge in [-0.1, -0.05) is 18.9 Å². The van der Waals surface area contributed by atoms with Crippen LogP contribution in [0.1, 0.15) is 37.3 Å². The summed E-state index contributed by atoms with van der Waals surface area (Å²) in [7, 11) is 2.03. The molecule has 0 spiro atoms. The molecule has 1 N–H and O–H groups in total. The molecule has 0 aromatic heterocycles. The Balaban J connectivity index is 1.69. The van der Waals surface area contributed by atoms with Crippen LogP contribution in [0.15, 0.2) is 18.2 Å². The predicted molar refractivity (Wildman–Crippen MR) is 79.3 cm³/mol. The smallest absolute Gasteiger partial charge is 0.231 e. The molecule has 3 rings (SSSR count). The fourth-order valence-corrected chi connectivity index (χ4v) is 3.07. The zero-order valence-corrected chi connectivity index (χ0v) is 12.2. The van der Waals surface area contributed by atoms with Crippen molar-refractivity contribution in [3.8, 4) is 11.5 Å². The highest BCUT2D eigenvalue weighted by molar-refractivity contribution is 5.45. The molecule has 4 nitrogen and oxygen atoms in total. The molecule has 4 heteroatoms. The lowest BCUT2D eigenvalue weighted by molar-refractivity contribution is 0.174. The SMILES string of the molecule is CNC(CN1CCCCCC1)c1ccc2c(c1)OCO2. The number of likely N-dealkylation sites (tertiary alicyclic amines) is 1. The average Bonchev–Trinajstić information content (AvgIpc) is 2.79. The van der Waals surface area contributed by atoms with Crippen LogP contribution in [0.25, 0.3) is 0 Å². The summed E-state index contributed by atoms with van der Waals surface area (Å²) in [5.41, 5.74) is 1.28. The summed E-state index contributed by atoms with van der Waals surface area (Å²) in [6, 6.07) is 6.63. The highest BCUT2D eigenvalue weighted by atomic mass is 16.7. The van der Waals surface area contributed by atoms with Crippen LogP contribution in [-0.4, -0.2) is 38.4 Å². The molecule has 2 aliphatic rings. The van der Waals surface area contributed by atoms with Gasteiger partial charge in [-0.25, -0.2) is 0 Å². The van der Waals surface area contributed by atoms with Crippen molar-refractivity contribution in [1.29, 1.82) is 0 Å². The second kappa shape index (κ2) is 6.46. The molecular weight excluding hydrogens is 252 g/mol. The minimum absolute atomic E-state index is 0.342. The predicted octanol–water partition coefficient (Wildman–Crippen LogP) is 2.55. The number of benzene rings is 1. The van der Waals surface area contributed by atoms with Crippen molar-refractivity contribution >= 4 is 0 Å². The molecule has 2 aliphatic heterocycles. The Morgan fingerprint density at radius 1 is 1.10 bits per heavy atom. The first-order chi connectivity index (χ1) is 9.86. The van der Waals surface area contributed by atoms with Crippen molar-refractivity contribution in [2.24, 2.45) is 0 Å². The molecule has 20 heavy (non-hydrogen) atoms. The van der Waals surface area contributed by atoms with Crippen LogP contribution in [-0.2, 0) is 0 Å². The molecule has 110 valence electrons. The van der Waals surface area contributed by atoms with Gasteiger partial charge in [-0.15, -0.1) is 0 Å². The van der Waals surface area contributed by atoms with Gasteiger partial charge in [0.25, 0.3) is 0 Å². The molecule has 0 saturated carbocycles. The van der Waals surface area contributed by atoms with Crippen LogP contribution < -0.4 is 14.8 Å². The number of nitrogens with one attached hydrogen (secondary N) is 1. The van der Waals surface area contributed by atoms with Gasteiger partial charge in [0.2, 0.25) is 6.79 Å². The van der Waals surface area contributed by atoms with E-state index in [1.165, 1.54) is 44.3 Å². The molecular formula is C16H24N2O2. The molecule has 1 aromatic rings. The standard InChI is InChI=1S/C16H24N2O2/c1-17-14(11-18-8-4-2-3-5-9-18)13-6-7-15-16(10-13)20-12-19-15/h6-7,10,14,17H,2-5,8-9,11-12H2,1H3. The third kappa shape index (κ3) is 3.07. The average molecular weight is 276 g/mol. The Kier molecular flexibility index (Phi) is 4.43. The van der Waals surface area contributed by atoms with E-state index in [4.69, 9.17) is 9.47 Å². The molecule has 1 unspecified atom stereocenters. The van der Waals surface area contributed by atoms with Crippen LogP contribution in [0.2, 0.25) is 0 Å². The summed E-state index contributed by atoms with van der Waals surface area (Å²) < 4.78 is 10.9. The molecule has 0 amide bonds. The first-order valence-electron chi connectivity index (χ1n) is 7.66. The van der Waals surface area contributed by atoms with E-state index >= 15 is 0 Å². The fraction of sp³-hybridized carbons (Fsp3) is 0.625. The molecule has 0 bridgehead atoms. The van der Waals surface area contributed by atoms with Crippen molar-refractivity contribution in [2.75, 3.05) is 33.5 Å². The molecule has 2 heterocycles. The van der Waals surface area contributed by atoms with Crippen LogP contribution in [0.5, 0.6) is 11.5 Å². The lowest BCUT2D eigenvalue weighted by Gasteiger charge is -2.26. The van der Waals surface area contributed by atoms with E-state index < -0.39 is 0 Å². The van der Waals surface area contributed by atoms with Crippen LogP contribution >= 0.6 is 0 Å². The van der Waals surface area contributed by atoms with Gasteiger partial charge < -0.3 is 19.7 Å². The Hall–Kier alpha value is -1.26. The van der Waals surface area contributed by atoms with Crippen molar-refractivity contribution < 1.29 is 9.47 Å². The van der Waals surface area contributed by atoms with Gasteiger partial charge >= 0.3 is 0 Å². The summed E-state index contributed by atoms with van der Waals surface area (Å²) in [5.74, 6) is 1.73. The summed E-state index contributed by atoms with van der Waals surface area (Å²) in [6.45, 7) is 3.86. The van der Waals surface area contributed by atoms with Crippen LogP contribution in [0, 0.1) is 0 Å². The third-order valence-electron chi connectivity index (χ3n) is 4.29.